The largest absolute Gasteiger partial charge is 0.355 e. The zero-order chi connectivity index (χ0) is 11.4. The van der Waals surface area contributed by atoms with Gasteiger partial charge in [-0.2, -0.15) is 0 Å². The Bertz CT molecular complexity index is 264. The van der Waals surface area contributed by atoms with Crippen molar-refractivity contribution in [2.75, 3.05) is 19.6 Å². The fourth-order valence-electron chi connectivity index (χ4n) is 2.19. The normalized spacial score (nSPS) is 26.4. The molecule has 0 spiro atoms. The van der Waals surface area contributed by atoms with Crippen LogP contribution in [0.15, 0.2) is 0 Å². The molecule has 4 heteroatoms. The van der Waals surface area contributed by atoms with Gasteiger partial charge in [0.1, 0.15) is 6.29 Å². The molecule has 0 aromatic rings. The number of carbonyl (C=O) groups is 2. The van der Waals surface area contributed by atoms with Crippen LogP contribution in [-0.2, 0) is 9.59 Å². The van der Waals surface area contributed by atoms with Crippen molar-refractivity contribution in [3.8, 4) is 0 Å². The first-order valence-corrected chi connectivity index (χ1v) is 6.25. The first-order chi connectivity index (χ1) is 7.79. The topological polar surface area (TPSA) is 49.4 Å². The van der Waals surface area contributed by atoms with Crippen molar-refractivity contribution in [1.29, 1.82) is 0 Å². The van der Waals surface area contributed by atoms with Gasteiger partial charge in [-0.3, -0.25) is 9.69 Å². The molecule has 1 amide bonds. The quantitative estimate of drug-likeness (QED) is 0.694. The molecule has 2 fully saturated rings. The highest BCUT2D eigenvalue weighted by Crippen LogP contribution is 2.27. The molecule has 1 unspecified atom stereocenters. The lowest BCUT2D eigenvalue weighted by Crippen LogP contribution is -2.46. The van der Waals surface area contributed by atoms with Crippen LogP contribution in [0.25, 0.3) is 0 Å². The van der Waals surface area contributed by atoms with Gasteiger partial charge < -0.3 is 10.1 Å². The van der Waals surface area contributed by atoms with E-state index in [4.69, 9.17) is 0 Å². The van der Waals surface area contributed by atoms with Gasteiger partial charge in [-0.15, -0.1) is 0 Å². The van der Waals surface area contributed by atoms with Gasteiger partial charge in [0.25, 0.3) is 0 Å². The van der Waals surface area contributed by atoms with E-state index in [1.54, 1.807) is 0 Å². The number of hydrogen-bond acceptors (Lipinski definition) is 3. The molecule has 1 heterocycles. The van der Waals surface area contributed by atoms with Gasteiger partial charge >= 0.3 is 0 Å². The lowest BCUT2D eigenvalue weighted by atomic mass is 10.0. The summed E-state index contributed by atoms with van der Waals surface area (Å²) >= 11 is 0. The van der Waals surface area contributed by atoms with E-state index in [0.29, 0.717) is 12.5 Å². The van der Waals surface area contributed by atoms with E-state index in [-0.39, 0.29) is 11.9 Å². The molecule has 16 heavy (non-hydrogen) atoms. The van der Waals surface area contributed by atoms with Gasteiger partial charge in [-0.1, -0.05) is 6.42 Å². The maximum absolute atomic E-state index is 11.6. The molecular weight excluding hydrogens is 204 g/mol. The summed E-state index contributed by atoms with van der Waals surface area (Å²) in [7, 11) is 0. The molecule has 0 bridgehead atoms. The number of likely N-dealkylation sites (tertiary alicyclic amines) is 1. The molecule has 1 aliphatic carbocycles. The SMILES string of the molecule is O=CC1CCCCN1CC(=O)NCC1CC1. The number of carbonyl (C=O) groups excluding carboxylic acids is 2. The Labute approximate surface area is 96.4 Å². The van der Waals surface area contributed by atoms with Gasteiger partial charge in [0.05, 0.1) is 12.6 Å². The molecule has 90 valence electrons. The maximum atomic E-state index is 11.6. The van der Waals surface area contributed by atoms with Gasteiger partial charge in [0.15, 0.2) is 0 Å². The minimum atomic E-state index is -0.0413. The summed E-state index contributed by atoms with van der Waals surface area (Å²) in [5.74, 6) is 0.785. The first kappa shape index (κ1) is 11.6. The third kappa shape index (κ3) is 3.30. The summed E-state index contributed by atoms with van der Waals surface area (Å²) in [6, 6.07) is -0.0413. The third-order valence-corrected chi connectivity index (χ3v) is 3.45. The Morgan fingerprint density at radius 3 is 2.81 bits per heavy atom. The van der Waals surface area contributed by atoms with Crippen molar-refractivity contribution < 1.29 is 9.59 Å². The van der Waals surface area contributed by atoms with Crippen LogP contribution in [0.1, 0.15) is 32.1 Å². The number of piperidine rings is 1. The maximum Gasteiger partial charge on any atom is 0.234 e. The lowest BCUT2D eigenvalue weighted by Gasteiger charge is -2.31. The average Bonchev–Trinajstić information content (AvgIpc) is 3.11. The predicted octanol–water partition coefficient (Wildman–Crippen LogP) is 0.566. The Kier molecular flexibility index (Phi) is 3.93. The molecule has 2 aliphatic rings. The summed E-state index contributed by atoms with van der Waals surface area (Å²) in [6.07, 6.45) is 6.58. The second-order valence-electron chi connectivity index (χ2n) is 4.92. The molecule has 0 aromatic heterocycles. The lowest BCUT2D eigenvalue weighted by molar-refractivity contribution is -0.124. The van der Waals surface area contributed by atoms with E-state index < -0.39 is 0 Å². The summed E-state index contributed by atoms with van der Waals surface area (Å²) in [5.41, 5.74) is 0. The van der Waals surface area contributed by atoms with Crippen LogP contribution in [0, 0.1) is 5.92 Å². The Balaban J connectivity index is 1.72. The van der Waals surface area contributed by atoms with E-state index in [1.165, 1.54) is 12.8 Å². The molecule has 1 N–H and O–H groups in total. The molecule has 0 radical (unpaired) electrons. The Hall–Kier alpha value is -0.900. The first-order valence-electron chi connectivity index (χ1n) is 6.25. The smallest absolute Gasteiger partial charge is 0.234 e. The molecule has 4 nitrogen and oxygen atoms in total. The van der Waals surface area contributed by atoms with Crippen molar-refractivity contribution in [2.24, 2.45) is 5.92 Å². The van der Waals surface area contributed by atoms with Crippen LogP contribution < -0.4 is 5.32 Å². The Morgan fingerprint density at radius 2 is 2.12 bits per heavy atom. The summed E-state index contributed by atoms with van der Waals surface area (Å²) in [4.78, 5) is 24.5. The number of nitrogens with zero attached hydrogens (tertiary/aromatic N) is 1. The second kappa shape index (κ2) is 5.43. The summed E-state index contributed by atoms with van der Waals surface area (Å²) < 4.78 is 0. The van der Waals surface area contributed by atoms with Crippen LogP contribution in [-0.4, -0.2) is 42.8 Å². The highest BCUT2D eigenvalue weighted by molar-refractivity contribution is 5.78. The third-order valence-electron chi connectivity index (χ3n) is 3.45. The summed E-state index contributed by atoms with van der Waals surface area (Å²) in [6.45, 7) is 2.08. The highest BCUT2D eigenvalue weighted by atomic mass is 16.2. The fraction of sp³-hybridized carbons (Fsp3) is 0.833. The van der Waals surface area contributed by atoms with Crippen molar-refractivity contribution in [3.63, 3.8) is 0 Å². The average molecular weight is 224 g/mol. The fourth-order valence-corrected chi connectivity index (χ4v) is 2.19. The number of aldehydes is 1. The van der Waals surface area contributed by atoms with Crippen molar-refractivity contribution in [3.05, 3.63) is 0 Å². The van der Waals surface area contributed by atoms with E-state index in [2.05, 4.69) is 5.32 Å². The molecule has 1 atom stereocenters. The molecule has 1 saturated carbocycles. The molecule has 0 aromatic carbocycles. The zero-order valence-electron chi connectivity index (χ0n) is 9.65. The number of amides is 1. The van der Waals surface area contributed by atoms with E-state index >= 15 is 0 Å². The van der Waals surface area contributed by atoms with Crippen LogP contribution in [0.3, 0.4) is 0 Å². The van der Waals surface area contributed by atoms with Crippen molar-refractivity contribution in [2.45, 2.75) is 38.1 Å². The van der Waals surface area contributed by atoms with E-state index in [1.807, 2.05) is 4.90 Å². The predicted molar refractivity (Wildman–Crippen MR) is 61.0 cm³/mol. The summed E-state index contributed by atoms with van der Waals surface area (Å²) in [5, 5.41) is 2.94. The number of nitrogens with one attached hydrogen (secondary N) is 1. The second-order valence-corrected chi connectivity index (χ2v) is 4.92. The van der Waals surface area contributed by atoms with Crippen LogP contribution in [0.5, 0.6) is 0 Å². The highest BCUT2D eigenvalue weighted by Gasteiger charge is 2.25. The zero-order valence-corrected chi connectivity index (χ0v) is 9.65. The van der Waals surface area contributed by atoms with E-state index in [9.17, 15) is 9.59 Å². The molecule has 1 aliphatic heterocycles. The number of hydrogen-bond donors (Lipinski definition) is 1. The minimum Gasteiger partial charge on any atom is -0.355 e. The van der Waals surface area contributed by atoms with Gasteiger partial charge in [0, 0.05) is 6.54 Å². The van der Waals surface area contributed by atoms with E-state index in [0.717, 1.165) is 38.6 Å². The van der Waals surface area contributed by atoms with Crippen molar-refractivity contribution in [1.82, 2.24) is 10.2 Å². The van der Waals surface area contributed by atoms with Crippen molar-refractivity contribution >= 4 is 12.2 Å². The molecule has 2 rings (SSSR count). The van der Waals surface area contributed by atoms with Gasteiger partial charge in [-0.25, -0.2) is 0 Å². The van der Waals surface area contributed by atoms with Gasteiger partial charge in [-0.05, 0) is 38.1 Å². The standard InChI is InChI=1S/C12H20N2O2/c15-9-11-3-1-2-6-14(11)8-12(16)13-7-10-4-5-10/h9-11H,1-8H2,(H,13,16). The number of rotatable bonds is 5. The van der Waals surface area contributed by atoms with Crippen LogP contribution in [0.4, 0.5) is 0 Å². The molecular formula is C12H20N2O2. The molecule has 1 saturated heterocycles. The minimum absolute atomic E-state index is 0.0413. The monoisotopic (exact) mass is 224 g/mol. The van der Waals surface area contributed by atoms with Crippen LogP contribution in [0.2, 0.25) is 0 Å². The van der Waals surface area contributed by atoms with Gasteiger partial charge in [0.2, 0.25) is 5.91 Å². The van der Waals surface area contributed by atoms with Crippen LogP contribution >= 0.6 is 0 Å². The Morgan fingerprint density at radius 1 is 1.31 bits per heavy atom.